The Labute approximate surface area is 117 Å². The zero-order valence-corrected chi connectivity index (χ0v) is 12.0. The minimum atomic E-state index is 0.445. The summed E-state index contributed by atoms with van der Waals surface area (Å²) >= 11 is 6.12. The van der Waals surface area contributed by atoms with Crippen molar-refractivity contribution in [3.05, 3.63) is 39.5 Å². The third-order valence-corrected chi connectivity index (χ3v) is 3.50. The van der Waals surface area contributed by atoms with Crippen molar-refractivity contribution in [3.8, 4) is 17.7 Å². The number of nitriles is 1. The van der Waals surface area contributed by atoms with Crippen molar-refractivity contribution >= 4 is 11.6 Å². The molecule has 0 N–H and O–H groups in total. The third kappa shape index (κ3) is 2.42. The van der Waals surface area contributed by atoms with Crippen LogP contribution in [0, 0.1) is 32.1 Å². The fourth-order valence-electron chi connectivity index (χ4n) is 1.96. The van der Waals surface area contributed by atoms with E-state index < -0.39 is 0 Å². The second-order valence-electron chi connectivity index (χ2n) is 4.47. The van der Waals surface area contributed by atoms with Gasteiger partial charge in [0, 0.05) is 12.1 Å². The van der Waals surface area contributed by atoms with Crippen LogP contribution in [-0.4, -0.2) is 9.78 Å². The van der Waals surface area contributed by atoms with Crippen LogP contribution < -0.4 is 4.74 Å². The van der Waals surface area contributed by atoms with E-state index in [1.165, 1.54) is 0 Å². The molecule has 0 amide bonds. The minimum absolute atomic E-state index is 0.445. The van der Waals surface area contributed by atoms with Crippen molar-refractivity contribution in [2.75, 3.05) is 0 Å². The maximum Gasteiger partial charge on any atom is 0.235 e. The fraction of sp³-hybridized carbons (Fsp3) is 0.286. The Bertz CT molecular complexity index is 660. The summed E-state index contributed by atoms with van der Waals surface area (Å²) in [6, 6.07) is 5.80. The fourth-order valence-corrected chi connectivity index (χ4v) is 2.07. The van der Waals surface area contributed by atoms with E-state index in [2.05, 4.69) is 11.2 Å². The molecule has 2 rings (SSSR count). The highest BCUT2D eigenvalue weighted by Crippen LogP contribution is 2.31. The summed E-state index contributed by atoms with van der Waals surface area (Å²) in [5.41, 5.74) is 2.98. The Kier molecular flexibility index (Phi) is 3.50. The lowest BCUT2D eigenvalue weighted by molar-refractivity contribution is 0.429. The molecule has 0 atom stereocenters. The number of hydrogen-bond acceptors (Lipinski definition) is 3. The molecule has 4 nitrogen and oxygen atoms in total. The second kappa shape index (κ2) is 4.94. The molecule has 0 aliphatic rings. The van der Waals surface area contributed by atoms with E-state index in [1.807, 2.05) is 26.0 Å². The average molecular weight is 276 g/mol. The maximum absolute atomic E-state index is 9.14. The van der Waals surface area contributed by atoms with E-state index in [-0.39, 0.29) is 0 Å². The van der Waals surface area contributed by atoms with Crippen LogP contribution in [0.25, 0.3) is 0 Å². The first-order valence-electron chi connectivity index (χ1n) is 5.82. The SMILES string of the molecule is Cc1cc(Oc2c(C#N)c(C)nn2C)cc(C)c1Cl. The van der Waals surface area contributed by atoms with E-state index >= 15 is 0 Å². The van der Waals surface area contributed by atoms with E-state index in [1.54, 1.807) is 18.7 Å². The molecule has 0 radical (unpaired) electrons. The lowest BCUT2D eigenvalue weighted by Crippen LogP contribution is -1.97. The molecule has 1 heterocycles. The molecule has 5 heteroatoms. The molecule has 0 bridgehead atoms. The largest absolute Gasteiger partial charge is 0.438 e. The highest BCUT2D eigenvalue weighted by molar-refractivity contribution is 6.32. The quantitative estimate of drug-likeness (QED) is 0.840. The first-order chi connectivity index (χ1) is 8.93. The monoisotopic (exact) mass is 275 g/mol. The summed E-state index contributed by atoms with van der Waals surface area (Å²) < 4.78 is 7.35. The number of benzene rings is 1. The van der Waals surface area contributed by atoms with Crippen LogP contribution in [0.5, 0.6) is 11.6 Å². The van der Waals surface area contributed by atoms with Gasteiger partial charge in [-0.3, -0.25) is 0 Å². The van der Waals surface area contributed by atoms with Gasteiger partial charge in [-0.25, -0.2) is 4.68 Å². The summed E-state index contributed by atoms with van der Waals surface area (Å²) in [4.78, 5) is 0. The third-order valence-electron chi connectivity index (χ3n) is 2.91. The highest BCUT2D eigenvalue weighted by Gasteiger charge is 2.15. The van der Waals surface area contributed by atoms with Gasteiger partial charge in [0.05, 0.1) is 5.69 Å². The molecule has 0 saturated heterocycles. The zero-order valence-electron chi connectivity index (χ0n) is 11.3. The van der Waals surface area contributed by atoms with Gasteiger partial charge in [-0.2, -0.15) is 10.4 Å². The molecular formula is C14H14ClN3O. The van der Waals surface area contributed by atoms with Crippen LogP contribution in [0.1, 0.15) is 22.4 Å². The molecule has 0 fully saturated rings. The normalized spacial score (nSPS) is 10.3. The van der Waals surface area contributed by atoms with Gasteiger partial charge in [-0.1, -0.05) is 11.6 Å². The molecule has 0 saturated carbocycles. The van der Waals surface area contributed by atoms with Gasteiger partial charge < -0.3 is 4.74 Å². The Morgan fingerprint density at radius 2 is 1.84 bits per heavy atom. The Morgan fingerprint density at radius 1 is 1.26 bits per heavy atom. The summed E-state index contributed by atoms with van der Waals surface area (Å²) in [5, 5.41) is 14.1. The molecule has 19 heavy (non-hydrogen) atoms. The number of hydrogen-bond donors (Lipinski definition) is 0. The molecule has 98 valence electrons. The standard InChI is InChI=1S/C14H14ClN3O/c1-8-5-11(6-9(2)13(8)15)19-14-12(7-16)10(3)17-18(14)4/h5-6H,1-4H3. The molecule has 0 unspecified atom stereocenters. The van der Waals surface area contributed by atoms with Crippen molar-refractivity contribution in [2.45, 2.75) is 20.8 Å². The van der Waals surface area contributed by atoms with Crippen LogP contribution in [0.4, 0.5) is 0 Å². The van der Waals surface area contributed by atoms with E-state index in [0.29, 0.717) is 22.9 Å². The minimum Gasteiger partial charge on any atom is -0.438 e. The van der Waals surface area contributed by atoms with Crippen molar-refractivity contribution in [1.82, 2.24) is 9.78 Å². The number of rotatable bonds is 2. The Hall–Kier alpha value is -1.99. The molecule has 2 aromatic rings. The van der Waals surface area contributed by atoms with E-state index in [9.17, 15) is 0 Å². The van der Waals surface area contributed by atoms with Gasteiger partial charge in [0.1, 0.15) is 17.4 Å². The number of halogens is 1. The first-order valence-corrected chi connectivity index (χ1v) is 6.20. The predicted molar refractivity (Wildman–Crippen MR) is 73.7 cm³/mol. The van der Waals surface area contributed by atoms with Gasteiger partial charge in [0.15, 0.2) is 0 Å². The van der Waals surface area contributed by atoms with Crippen molar-refractivity contribution in [3.63, 3.8) is 0 Å². The lowest BCUT2D eigenvalue weighted by Gasteiger charge is -2.09. The number of aromatic nitrogens is 2. The summed E-state index contributed by atoms with van der Waals surface area (Å²) in [5.74, 6) is 1.10. The molecular weight excluding hydrogens is 262 g/mol. The average Bonchev–Trinajstić information content (AvgIpc) is 2.60. The van der Waals surface area contributed by atoms with E-state index in [0.717, 1.165) is 16.1 Å². The second-order valence-corrected chi connectivity index (χ2v) is 4.85. The van der Waals surface area contributed by atoms with Gasteiger partial charge >= 0.3 is 0 Å². The lowest BCUT2D eigenvalue weighted by atomic mass is 10.1. The number of aryl methyl sites for hydroxylation is 4. The van der Waals surface area contributed by atoms with E-state index in [4.69, 9.17) is 21.6 Å². The van der Waals surface area contributed by atoms with Crippen LogP contribution in [-0.2, 0) is 7.05 Å². The number of ether oxygens (including phenoxy) is 1. The van der Waals surface area contributed by atoms with Crippen LogP contribution >= 0.6 is 11.6 Å². The molecule has 1 aromatic carbocycles. The summed E-state index contributed by atoms with van der Waals surface area (Å²) in [7, 11) is 1.75. The molecule has 0 spiro atoms. The topological polar surface area (TPSA) is 50.8 Å². The van der Waals surface area contributed by atoms with Gasteiger partial charge in [-0.05, 0) is 44.0 Å². The molecule has 0 aliphatic carbocycles. The Balaban J connectivity index is 2.45. The summed E-state index contributed by atoms with van der Waals surface area (Å²) in [6.07, 6.45) is 0. The highest BCUT2D eigenvalue weighted by atomic mass is 35.5. The van der Waals surface area contributed by atoms with Crippen LogP contribution in [0.3, 0.4) is 0 Å². The van der Waals surface area contributed by atoms with Gasteiger partial charge in [-0.15, -0.1) is 0 Å². The number of nitrogens with zero attached hydrogens (tertiary/aromatic N) is 3. The molecule has 0 aliphatic heterocycles. The summed E-state index contributed by atoms with van der Waals surface area (Å²) in [6.45, 7) is 5.62. The Morgan fingerprint density at radius 3 is 2.37 bits per heavy atom. The zero-order chi connectivity index (χ0) is 14.2. The smallest absolute Gasteiger partial charge is 0.235 e. The van der Waals surface area contributed by atoms with Gasteiger partial charge in [0.2, 0.25) is 5.88 Å². The van der Waals surface area contributed by atoms with Crippen molar-refractivity contribution in [2.24, 2.45) is 7.05 Å². The molecule has 1 aromatic heterocycles. The first kappa shape index (κ1) is 13.4. The van der Waals surface area contributed by atoms with Crippen molar-refractivity contribution < 1.29 is 4.74 Å². The van der Waals surface area contributed by atoms with Gasteiger partial charge in [0.25, 0.3) is 0 Å². The van der Waals surface area contributed by atoms with Crippen LogP contribution in [0.2, 0.25) is 5.02 Å². The maximum atomic E-state index is 9.14. The van der Waals surface area contributed by atoms with Crippen LogP contribution in [0.15, 0.2) is 12.1 Å². The predicted octanol–water partition coefficient (Wildman–Crippen LogP) is 3.66. The van der Waals surface area contributed by atoms with Crippen molar-refractivity contribution in [1.29, 1.82) is 5.26 Å².